The van der Waals surface area contributed by atoms with Gasteiger partial charge >= 0.3 is 0 Å². The zero-order chi connectivity index (χ0) is 16.9. The lowest BCUT2D eigenvalue weighted by molar-refractivity contribution is 0.127. The number of piperidine rings is 1. The van der Waals surface area contributed by atoms with Gasteiger partial charge in [0.1, 0.15) is 4.90 Å². The molecule has 4 aliphatic rings. The van der Waals surface area contributed by atoms with Crippen LogP contribution in [0.3, 0.4) is 0 Å². The number of rotatable bonds is 5. The van der Waals surface area contributed by atoms with E-state index in [1.807, 2.05) is 13.8 Å². The van der Waals surface area contributed by atoms with Gasteiger partial charge in [-0.05, 0) is 51.4 Å². The van der Waals surface area contributed by atoms with E-state index in [-0.39, 0.29) is 0 Å². The lowest BCUT2D eigenvalue weighted by atomic mass is 9.95. The Bertz CT molecular complexity index is 710. The van der Waals surface area contributed by atoms with Crippen molar-refractivity contribution in [3.05, 3.63) is 11.9 Å². The molecule has 1 saturated carbocycles. The molecule has 3 aliphatic heterocycles. The molecule has 0 unspecified atom stereocenters. The van der Waals surface area contributed by atoms with Crippen molar-refractivity contribution in [2.75, 3.05) is 26.2 Å². The first-order chi connectivity index (χ1) is 11.5. The third kappa shape index (κ3) is 2.91. The van der Waals surface area contributed by atoms with Gasteiger partial charge < -0.3 is 0 Å². The van der Waals surface area contributed by atoms with Crippen molar-refractivity contribution < 1.29 is 8.42 Å². The third-order valence-corrected chi connectivity index (χ3v) is 7.89. The highest BCUT2D eigenvalue weighted by atomic mass is 32.2. The molecule has 0 radical (unpaired) electrons. The van der Waals surface area contributed by atoms with Crippen LogP contribution in [0.2, 0.25) is 0 Å². The van der Waals surface area contributed by atoms with Gasteiger partial charge in [0.25, 0.3) is 0 Å². The minimum Gasteiger partial charge on any atom is -0.298 e. The van der Waals surface area contributed by atoms with E-state index < -0.39 is 10.0 Å². The summed E-state index contributed by atoms with van der Waals surface area (Å²) in [6, 6.07) is 0.389. The van der Waals surface area contributed by atoms with Gasteiger partial charge in [0.05, 0.1) is 11.9 Å². The van der Waals surface area contributed by atoms with Crippen LogP contribution in [0.4, 0.5) is 0 Å². The van der Waals surface area contributed by atoms with Crippen LogP contribution in [-0.2, 0) is 16.6 Å². The van der Waals surface area contributed by atoms with Crippen molar-refractivity contribution >= 4 is 10.0 Å². The van der Waals surface area contributed by atoms with Crippen molar-refractivity contribution in [2.24, 2.45) is 11.8 Å². The Morgan fingerprint density at radius 3 is 2.62 bits per heavy atom. The fourth-order valence-corrected chi connectivity index (χ4v) is 6.04. The second-order valence-corrected chi connectivity index (χ2v) is 9.63. The highest BCUT2D eigenvalue weighted by molar-refractivity contribution is 7.89. The van der Waals surface area contributed by atoms with Crippen LogP contribution in [0.1, 0.15) is 38.3 Å². The first-order valence-corrected chi connectivity index (χ1v) is 10.7. The third-order valence-electron chi connectivity index (χ3n) is 5.96. The van der Waals surface area contributed by atoms with E-state index in [4.69, 9.17) is 0 Å². The maximum Gasteiger partial charge on any atom is 0.246 e. The van der Waals surface area contributed by atoms with E-state index in [0.717, 1.165) is 31.0 Å². The number of fused-ring (bicyclic) bond motifs is 4. The lowest BCUT2D eigenvalue weighted by Crippen LogP contribution is -2.45. The maximum atomic E-state index is 13.2. The largest absolute Gasteiger partial charge is 0.298 e. The minimum atomic E-state index is -3.44. The molecule has 4 heterocycles. The van der Waals surface area contributed by atoms with E-state index in [9.17, 15) is 8.42 Å². The molecule has 4 fully saturated rings. The summed E-state index contributed by atoms with van der Waals surface area (Å²) in [5, 5.41) is 4.24. The van der Waals surface area contributed by atoms with Crippen LogP contribution in [0.15, 0.2) is 11.1 Å². The van der Waals surface area contributed by atoms with Crippen molar-refractivity contribution in [3.8, 4) is 0 Å². The number of nitrogens with zero attached hydrogens (tertiary/aromatic N) is 4. The maximum absolute atomic E-state index is 13.2. The highest BCUT2D eigenvalue weighted by Crippen LogP contribution is 2.36. The zero-order valence-electron chi connectivity index (χ0n) is 14.7. The zero-order valence-corrected chi connectivity index (χ0v) is 15.5. The van der Waals surface area contributed by atoms with Crippen LogP contribution >= 0.6 is 0 Å². The molecular weight excluding hydrogens is 324 g/mol. The Hall–Kier alpha value is -0.920. The van der Waals surface area contributed by atoms with Gasteiger partial charge in [-0.1, -0.05) is 0 Å². The Balaban J connectivity index is 1.58. The van der Waals surface area contributed by atoms with E-state index in [1.165, 1.54) is 25.6 Å². The topological polar surface area (TPSA) is 58.4 Å². The summed E-state index contributed by atoms with van der Waals surface area (Å²) in [4.78, 5) is 2.96. The first-order valence-electron chi connectivity index (χ1n) is 9.25. The predicted molar refractivity (Wildman–Crippen MR) is 92.2 cm³/mol. The molecule has 5 rings (SSSR count). The van der Waals surface area contributed by atoms with Gasteiger partial charge in [0, 0.05) is 38.8 Å². The molecule has 0 N–H and O–H groups in total. The lowest BCUT2D eigenvalue weighted by Gasteiger charge is -2.36. The Labute approximate surface area is 144 Å². The summed E-state index contributed by atoms with van der Waals surface area (Å²) >= 11 is 0. The molecule has 1 aromatic heterocycles. The molecule has 134 valence electrons. The van der Waals surface area contributed by atoms with Gasteiger partial charge in [-0.3, -0.25) is 9.58 Å². The SMILES string of the molecule is CCn1ncc(S(=O)(=O)N2C[C@H]3CC[C@@H](C2)N(CC2CC2)C3)c1C. The minimum absolute atomic E-state index is 0.388. The normalized spacial score (nSPS) is 29.1. The monoisotopic (exact) mass is 352 g/mol. The van der Waals surface area contributed by atoms with Crippen LogP contribution < -0.4 is 0 Å². The van der Waals surface area contributed by atoms with E-state index in [1.54, 1.807) is 8.99 Å². The molecule has 3 saturated heterocycles. The summed E-state index contributed by atoms with van der Waals surface area (Å²) in [7, 11) is -3.44. The van der Waals surface area contributed by atoms with Crippen LogP contribution in [-0.4, -0.2) is 59.6 Å². The number of aryl methyl sites for hydroxylation is 1. The van der Waals surface area contributed by atoms with Crippen LogP contribution in [0.5, 0.6) is 0 Å². The molecule has 7 heteroatoms. The standard InChI is InChI=1S/C17H28N4O2S/c1-3-21-13(2)17(8-18-21)24(22,23)20-11-15-6-7-16(12-20)19(10-15)9-14-4-5-14/h8,14-16H,3-7,9-12H2,1-2H3/t15-,16-/m0/s1. The predicted octanol–water partition coefficient (Wildman–Crippen LogP) is 1.71. The van der Waals surface area contributed by atoms with Crippen molar-refractivity contribution in [1.29, 1.82) is 0 Å². The van der Waals surface area contributed by atoms with E-state index in [2.05, 4.69) is 10.00 Å². The molecule has 2 bridgehead atoms. The van der Waals surface area contributed by atoms with Gasteiger partial charge in [-0.25, -0.2) is 8.42 Å². The molecule has 1 aliphatic carbocycles. The number of sulfonamides is 1. The van der Waals surface area contributed by atoms with Gasteiger partial charge in [-0.15, -0.1) is 0 Å². The van der Waals surface area contributed by atoms with Gasteiger partial charge in [0.2, 0.25) is 10.0 Å². The molecule has 6 nitrogen and oxygen atoms in total. The first kappa shape index (κ1) is 16.5. The molecule has 1 aromatic rings. The van der Waals surface area contributed by atoms with Crippen molar-refractivity contribution in [2.45, 2.75) is 57.0 Å². The number of aromatic nitrogens is 2. The smallest absolute Gasteiger partial charge is 0.246 e. The fourth-order valence-electron chi connectivity index (χ4n) is 4.33. The average molecular weight is 353 g/mol. The molecule has 2 atom stereocenters. The van der Waals surface area contributed by atoms with Gasteiger partial charge in [-0.2, -0.15) is 9.40 Å². The highest BCUT2D eigenvalue weighted by Gasteiger charge is 2.41. The van der Waals surface area contributed by atoms with Crippen molar-refractivity contribution in [3.63, 3.8) is 0 Å². The summed E-state index contributed by atoms with van der Waals surface area (Å²) in [6.45, 7) is 8.08. The summed E-state index contributed by atoms with van der Waals surface area (Å²) in [5.41, 5.74) is 0.754. The van der Waals surface area contributed by atoms with E-state index in [0.29, 0.717) is 36.5 Å². The number of hydrogen-bond acceptors (Lipinski definition) is 4. The fraction of sp³-hybridized carbons (Fsp3) is 0.824. The Kier molecular flexibility index (Phi) is 4.21. The second kappa shape index (κ2) is 6.11. The quantitative estimate of drug-likeness (QED) is 0.809. The molecule has 0 amide bonds. The Morgan fingerprint density at radius 2 is 1.96 bits per heavy atom. The van der Waals surface area contributed by atoms with Gasteiger partial charge in [0.15, 0.2) is 0 Å². The van der Waals surface area contributed by atoms with E-state index >= 15 is 0 Å². The van der Waals surface area contributed by atoms with Crippen molar-refractivity contribution in [1.82, 2.24) is 19.0 Å². The van der Waals surface area contributed by atoms with Crippen LogP contribution in [0, 0.1) is 18.8 Å². The molecular formula is C17H28N4O2S. The molecule has 0 aromatic carbocycles. The second-order valence-electron chi connectivity index (χ2n) is 7.73. The van der Waals surface area contributed by atoms with Crippen LogP contribution in [0.25, 0.3) is 0 Å². The number of hydrogen-bond donors (Lipinski definition) is 0. The summed E-state index contributed by atoms with van der Waals surface area (Å²) < 4.78 is 29.9. The summed E-state index contributed by atoms with van der Waals surface area (Å²) in [5.74, 6) is 1.33. The Morgan fingerprint density at radius 1 is 1.17 bits per heavy atom. The summed E-state index contributed by atoms with van der Waals surface area (Å²) in [6.07, 6.45) is 6.53. The molecule has 24 heavy (non-hydrogen) atoms. The average Bonchev–Trinajstić information content (AvgIpc) is 3.33. The molecule has 0 spiro atoms.